The minimum absolute atomic E-state index is 0.190. The molecule has 0 saturated carbocycles. The van der Waals surface area contributed by atoms with Gasteiger partial charge in [-0.2, -0.15) is 0 Å². The van der Waals surface area contributed by atoms with Crippen molar-refractivity contribution in [2.75, 3.05) is 0 Å². The maximum absolute atomic E-state index is 10.8. The third kappa shape index (κ3) is 1.98. The largest absolute Gasteiger partial charge is 0.330 e. The quantitative estimate of drug-likeness (QED) is 0.502. The SMILES string of the molecule is CC(=O)NC1(C)C=CNC(=O)N1. The second-order valence-corrected chi connectivity index (χ2v) is 2.82. The lowest BCUT2D eigenvalue weighted by Crippen LogP contribution is -2.60. The molecule has 5 nitrogen and oxygen atoms in total. The van der Waals surface area contributed by atoms with Crippen molar-refractivity contribution in [3.05, 3.63) is 12.3 Å². The minimum atomic E-state index is -0.770. The lowest BCUT2D eigenvalue weighted by Gasteiger charge is -2.30. The van der Waals surface area contributed by atoms with Gasteiger partial charge in [0.1, 0.15) is 5.66 Å². The second-order valence-electron chi connectivity index (χ2n) is 2.82. The average Bonchev–Trinajstić information content (AvgIpc) is 1.82. The van der Waals surface area contributed by atoms with E-state index < -0.39 is 5.66 Å². The molecule has 0 aromatic heterocycles. The van der Waals surface area contributed by atoms with Gasteiger partial charge in [-0.15, -0.1) is 0 Å². The molecule has 0 aromatic rings. The second kappa shape index (κ2) is 2.84. The Kier molecular flexibility index (Phi) is 2.03. The van der Waals surface area contributed by atoms with E-state index in [-0.39, 0.29) is 11.9 Å². The Morgan fingerprint density at radius 1 is 1.67 bits per heavy atom. The van der Waals surface area contributed by atoms with Crippen molar-refractivity contribution in [3.8, 4) is 0 Å². The number of carbonyl (C=O) groups is 2. The van der Waals surface area contributed by atoms with Crippen LogP contribution in [0, 0.1) is 0 Å². The summed E-state index contributed by atoms with van der Waals surface area (Å²) in [6.45, 7) is 3.09. The molecule has 0 spiro atoms. The Morgan fingerprint density at radius 2 is 2.33 bits per heavy atom. The summed E-state index contributed by atoms with van der Waals surface area (Å²) in [5, 5.41) is 7.57. The molecule has 1 aliphatic heterocycles. The molecule has 1 rings (SSSR count). The van der Waals surface area contributed by atoms with Crippen molar-refractivity contribution in [2.24, 2.45) is 0 Å². The highest BCUT2D eigenvalue weighted by Crippen LogP contribution is 2.03. The zero-order valence-electron chi connectivity index (χ0n) is 6.97. The van der Waals surface area contributed by atoms with Gasteiger partial charge in [-0.05, 0) is 13.0 Å². The third-order valence-electron chi connectivity index (χ3n) is 1.44. The van der Waals surface area contributed by atoms with Crippen molar-refractivity contribution >= 4 is 11.9 Å². The summed E-state index contributed by atoms with van der Waals surface area (Å²) in [6.07, 6.45) is 3.16. The van der Waals surface area contributed by atoms with E-state index >= 15 is 0 Å². The topological polar surface area (TPSA) is 70.2 Å². The molecule has 3 N–H and O–H groups in total. The molecule has 66 valence electrons. The fourth-order valence-electron chi connectivity index (χ4n) is 1.04. The molecule has 0 fully saturated rings. The van der Waals surface area contributed by atoms with Crippen LogP contribution >= 0.6 is 0 Å². The monoisotopic (exact) mass is 169 g/mol. The summed E-state index contributed by atoms with van der Waals surface area (Å²) in [7, 11) is 0. The van der Waals surface area contributed by atoms with Gasteiger partial charge in [0.2, 0.25) is 5.91 Å². The smallest absolute Gasteiger partial charge is 0.320 e. The Hall–Kier alpha value is -1.52. The molecule has 0 bridgehead atoms. The van der Waals surface area contributed by atoms with Gasteiger partial charge in [-0.3, -0.25) is 4.79 Å². The van der Waals surface area contributed by atoms with Crippen LogP contribution in [0.15, 0.2) is 12.3 Å². The predicted octanol–water partition coefficient (Wildman–Crippen LogP) is -0.335. The summed E-state index contributed by atoms with van der Waals surface area (Å²) in [4.78, 5) is 21.5. The van der Waals surface area contributed by atoms with Gasteiger partial charge in [-0.25, -0.2) is 4.79 Å². The van der Waals surface area contributed by atoms with Crippen LogP contribution in [-0.4, -0.2) is 17.6 Å². The van der Waals surface area contributed by atoms with E-state index in [2.05, 4.69) is 16.0 Å². The lowest BCUT2D eigenvalue weighted by molar-refractivity contribution is -0.120. The standard InChI is InChI=1S/C7H11N3O2/c1-5(11)9-7(2)3-4-8-6(12)10-7/h3-4H,1-2H3,(H,9,11)(H2,8,10,12). The highest BCUT2D eigenvalue weighted by atomic mass is 16.2. The molecule has 5 heteroatoms. The molecule has 0 saturated heterocycles. The summed E-state index contributed by atoms with van der Waals surface area (Å²) in [6, 6.07) is -0.325. The fraction of sp³-hybridized carbons (Fsp3) is 0.429. The Labute approximate surface area is 70.2 Å². The Bertz CT molecular complexity index is 249. The van der Waals surface area contributed by atoms with E-state index in [9.17, 15) is 9.59 Å². The summed E-state index contributed by atoms with van der Waals surface area (Å²) in [5.74, 6) is -0.190. The van der Waals surface area contributed by atoms with Gasteiger partial charge in [0.25, 0.3) is 0 Å². The first-order valence-electron chi connectivity index (χ1n) is 3.57. The number of rotatable bonds is 1. The number of hydrogen-bond donors (Lipinski definition) is 3. The van der Waals surface area contributed by atoms with Gasteiger partial charge >= 0.3 is 6.03 Å². The molecule has 0 aromatic carbocycles. The number of hydrogen-bond acceptors (Lipinski definition) is 2. The first kappa shape index (κ1) is 8.58. The highest BCUT2D eigenvalue weighted by Gasteiger charge is 2.26. The molecule has 3 amide bonds. The maximum Gasteiger partial charge on any atom is 0.320 e. The lowest BCUT2D eigenvalue weighted by atomic mass is 10.2. The molecular weight excluding hydrogens is 158 g/mol. The number of nitrogens with one attached hydrogen (secondary N) is 3. The first-order chi connectivity index (χ1) is 5.52. The molecule has 1 aliphatic rings. The van der Waals surface area contributed by atoms with Crippen molar-refractivity contribution < 1.29 is 9.59 Å². The van der Waals surface area contributed by atoms with E-state index in [1.165, 1.54) is 13.1 Å². The van der Waals surface area contributed by atoms with Gasteiger partial charge in [0.15, 0.2) is 0 Å². The third-order valence-corrected chi connectivity index (χ3v) is 1.44. The van der Waals surface area contributed by atoms with Crippen molar-refractivity contribution in [2.45, 2.75) is 19.5 Å². The normalized spacial score (nSPS) is 27.3. The summed E-state index contributed by atoms with van der Waals surface area (Å²) < 4.78 is 0. The van der Waals surface area contributed by atoms with Crippen LogP contribution < -0.4 is 16.0 Å². The zero-order chi connectivity index (χ0) is 9.19. The van der Waals surface area contributed by atoms with Crippen LogP contribution in [0.25, 0.3) is 0 Å². The average molecular weight is 169 g/mol. The van der Waals surface area contributed by atoms with Gasteiger partial charge < -0.3 is 16.0 Å². The molecular formula is C7H11N3O2. The van der Waals surface area contributed by atoms with Crippen LogP contribution in [0.4, 0.5) is 4.79 Å². The number of urea groups is 1. The molecule has 1 heterocycles. The highest BCUT2D eigenvalue weighted by molar-refractivity contribution is 5.80. The Morgan fingerprint density at radius 3 is 2.83 bits per heavy atom. The summed E-state index contributed by atoms with van der Waals surface area (Å²) in [5.41, 5.74) is -0.770. The molecule has 0 aliphatic carbocycles. The van der Waals surface area contributed by atoms with Crippen LogP contribution in [0.1, 0.15) is 13.8 Å². The van der Waals surface area contributed by atoms with Crippen molar-refractivity contribution in [1.29, 1.82) is 0 Å². The molecule has 1 unspecified atom stereocenters. The van der Waals surface area contributed by atoms with E-state index in [0.717, 1.165) is 0 Å². The van der Waals surface area contributed by atoms with E-state index in [1.807, 2.05) is 0 Å². The summed E-state index contributed by atoms with van der Waals surface area (Å²) >= 11 is 0. The van der Waals surface area contributed by atoms with Gasteiger partial charge in [0, 0.05) is 13.1 Å². The minimum Gasteiger partial charge on any atom is -0.330 e. The van der Waals surface area contributed by atoms with E-state index in [1.54, 1.807) is 13.0 Å². The molecule has 12 heavy (non-hydrogen) atoms. The van der Waals surface area contributed by atoms with Gasteiger partial charge in [0.05, 0.1) is 0 Å². The van der Waals surface area contributed by atoms with E-state index in [4.69, 9.17) is 0 Å². The van der Waals surface area contributed by atoms with Gasteiger partial charge in [-0.1, -0.05) is 0 Å². The van der Waals surface area contributed by atoms with Crippen molar-refractivity contribution in [1.82, 2.24) is 16.0 Å². The number of carbonyl (C=O) groups excluding carboxylic acids is 2. The van der Waals surface area contributed by atoms with Crippen LogP contribution in [0.3, 0.4) is 0 Å². The fourth-order valence-corrected chi connectivity index (χ4v) is 1.04. The van der Waals surface area contributed by atoms with Crippen LogP contribution in [0.2, 0.25) is 0 Å². The first-order valence-corrected chi connectivity index (χ1v) is 3.57. The predicted molar refractivity (Wildman–Crippen MR) is 43.0 cm³/mol. The Balaban J connectivity index is 2.70. The number of amides is 3. The van der Waals surface area contributed by atoms with E-state index in [0.29, 0.717) is 0 Å². The molecule has 0 radical (unpaired) electrons. The zero-order valence-corrected chi connectivity index (χ0v) is 6.97. The van der Waals surface area contributed by atoms with Crippen LogP contribution in [-0.2, 0) is 4.79 Å². The van der Waals surface area contributed by atoms with Crippen molar-refractivity contribution in [3.63, 3.8) is 0 Å². The maximum atomic E-state index is 10.8. The molecule has 1 atom stereocenters. The van der Waals surface area contributed by atoms with Crippen LogP contribution in [0.5, 0.6) is 0 Å².